The monoisotopic (exact) mass is 323 g/mol. The molecule has 8 heteroatoms. The number of nitrogens with two attached hydrogens (primary N) is 1. The van der Waals surface area contributed by atoms with Crippen LogP contribution in [0.25, 0.3) is 0 Å². The molecule has 0 radical (unpaired) electrons. The van der Waals surface area contributed by atoms with Crippen LogP contribution in [-0.2, 0) is 4.79 Å². The molecule has 23 heavy (non-hydrogen) atoms. The van der Waals surface area contributed by atoms with E-state index in [1.807, 2.05) is 5.32 Å². The summed E-state index contributed by atoms with van der Waals surface area (Å²) in [5, 5.41) is 2.03. The molecule has 5 nitrogen and oxygen atoms in total. The predicted molar refractivity (Wildman–Crippen MR) is 79.3 cm³/mol. The summed E-state index contributed by atoms with van der Waals surface area (Å²) >= 11 is 0. The Hall–Kier alpha value is -3.03. The SMILES string of the molecule is CC(=O)N(C(=O)Nc1ccc(F)c(F)c1F)c1ccc(N)cc1. The molecule has 0 saturated carbocycles. The van der Waals surface area contributed by atoms with Crippen molar-refractivity contribution in [2.75, 3.05) is 16.0 Å². The van der Waals surface area contributed by atoms with Crippen molar-refractivity contribution in [1.82, 2.24) is 0 Å². The minimum atomic E-state index is -1.72. The first-order valence-electron chi connectivity index (χ1n) is 6.42. The van der Waals surface area contributed by atoms with Gasteiger partial charge in [0.05, 0.1) is 11.4 Å². The highest BCUT2D eigenvalue weighted by Gasteiger charge is 2.22. The average Bonchev–Trinajstić information content (AvgIpc) is 2.50. The zero-order valence-electron chi connectivity index (χ0n) is 11.9. The summed E-state index contributed by atoms with van der Waals surface area (Å²) in [6.45, 7) is 1.12. The first-order chi connectivity index (χ1) is 10.8. The molecule has 2 rings (SSSR count). The van der Waals surface area contributed by atoms with Crippen LogP contribution in [0.4, 0.5) is 35.0 Å². The van der Waals surface area contributed by atoms with Gasteiger partial charge >= 0.3 is 6.03 Å². The zero-order chi connectivity index (χ0) is 17.1. The van der Waals surface area contributed by atoms with Crippen molar-refractivity contribution in [2.24, 2.45) is 0 Å². The molecule has 0 saturated heterocycles. The Morgan fingerprint density at radius 3 is 2.17 bits per heavy atom. The van der Waals surface area contributed by atoms with Gasteiger partial charge in [-0.05, 0) is 36.4 Å². The topological polar surface area (TPSA) is 75.4 Å². The van der Waals surface area contributed by atoms with E-state index in [4.69, 9.17) is 5.73 Å². The van der Waals surface area contributed by atoms with Crippen LogP contribution >= 0.6 is 0 Å². The second-order valence-electron chi connectivity index (χ2n) is 4.60. The minimum Gasteiger partial charge on any atom is -0.399 e. The van der Waals surface area contributed by atoms with Gasteiger partial charge in [-0.3, -0.25) is 4.79 Å². The standard InChI is InChI=1S/C15H12F3N3O2/c1-8(22)21(10-4-2-9(19)3-5-10)15(23)20-12-7-6-11(16)13(17)14(12)18/h2-7H,19H2,1H3,(H,20,23). The van der Waals surface area contributed by atoms with E-state index in [0.717, 1.165) is 13.0 Å². The first kappa shape index (κ1) is 16.3. The van der Waals surface area contributed by atoms with Crippen molar-refractivity contribution in [3.05, 3.63) is 53.8 Å². The molecule has 120 valence electrons. The van der Waals surface area contributed by atoms with E-state index < -0.39 is 35.1 Å². The second kappa shape index (κ2) is 6.39. The first-order valence-corrected chi connectivity index (χ1v) is 6.42. The van der Waals surface area contributed by atoms with Crippen LogP contribution in [0.2, 0.25) is 0 Å². The van der Waals surface area contributed by atoms with Crippen LogP contribution in [0.1, 0.15) is 6.92 Å². The van der Waals surface area contributed by atoms with Crippen LogP contribution < -0.4 is 16.0 Å². The molecule has 0 bridgehead atoms. The predicted octanol–water partition coefficient (Wildman–Crippen LogP) is 3.27. The maximum absolute atomic E-state index is 13.6. The number of anilines is 3. The van der Waals surface area contributed by atoms with Gasteiger partial charge in [-0.15, -0.1) is 0 Å². The Balaban J connectivity index is 2.31. The number of hydrogen-bond acceptors (Lipinski definition) is 3. The van der Waals surface area contributed by atoms with E-state index in [1.54, 1.807) is 0 Å². The largest absolute Gasteiger partial charge is 0.399 e. The summed E-state index contributed by atoms with van der Waals surface area (Å²) in [6.07, 6.45) is 0. The Labute approximate surface area is 129 Å². The Bertz CT molecular complexity index is 763. The molecule has 2 aromatic rings. The number of urea groups is 1. The Morgan fingerprint density at radius 1 is 1.00 bits per heavy atom. The molecule has 2 aromatic carbocycles. The number of nitrogen functional groups attached to an aromatic ring is 1. The van der Waals surface area contributed by atoms with Gasteiger partial charge in [-0.25, -0.2) is 22.9 Å². The van der Waals surface area contributed by atoms with Gasteiger partial charge < -0.3 is 11.1 Å². The molecule has 0 aromatic heterocycles. The molecule has 0 atom stereocenters. The third kappa shape index (κ3) is 3.42. The fraction of sp³-hybridized carbons (Fsp3) is 0.0667. The van der Waals surface area contributed by atoms with Crippen LogP contribution in [-0.4, -0.2) is 11.9 Å². The summed E-state index contributed by atoms with van der Waals surface area (Å²) in [6, 6.07) is 6.26. The Morgan fingerprint density at radius 2 is 1.61 bits per heavy atom. The molecule has 0 aliphatic rings. The smallest absolute Gasteiger partial charge is 0.333 e. The quantitative estimate of drug-likeness (QED) is 0.658. The van der Waals surface area contributed by atoms with Crippen molar-refractivity contribution < 1.29 is 22.8 Å². The summed E-state index contributed by atoms with van der Waals surface area (Å²) in [5.41, 5.74) is 5.54. The van der Waals surface area contributed by atoms with Gasteiger partial charge in [0.25, 0.3) is 0 Å². The molecule has 0 fully saturated rings. The zero-order valence-corrected chi connectivity index (χ0v) is 11.9. The fourth-order valence-electron chi connectivity index (χ4n) is 1.86. The molecule has 0 unspecified atom stereocenters. The van der Waals surface area contributed by atoms with Crippen LogP contribution in [0.3, 0.4) is 0 Å². The molecule has 0 aliphatic carbocycles. The van der Waals surface area contributed by atoms with Gasteiger partial charge in [0.1, 0.15) is 0 Å². The molecular formula is C15H12F3N3O2. The van der Waals surface area contributed by atoms with Crippen LogP contribution in [0.15, 0.2) is 36.4 Å². The van der Waals surface area contributed by atoms with Crippen molar-refractivity contribution in [3.8, 4) is 0 Å². The lowest BCUT2D eigenvalue weighted by atomic mass is 10.2. The summed E-state index contributed by atoms with van der Waals surface area (Å²) in [5.74, 6) is -5.32. The third-order valence-electron chi connectivity index (χ3n) is 2.95. The highest BCUT2D eigenvalue weighted by molar-refractivity contribution is 6.17. The number of halogens is 3. The molecular weight excluding hydrogens is 311 g/mol. The number of nitrogens with one attached hydrogen (secondary N) is 1. The highest BCUT2D eigenvalue weighted by atomic mass is 19.2. The maximum atomic E-state index is 13.6. The average molecular weight is 323 g/mol. The third-order valence-corrected chi connectivity index (χ3v) is 2.95. The lowest BCUT2D eigenvalue weighted by Crippen LogP contribution is -2.38. The summed E-state index contributed by atoms with van der Waals surface area (Å²) in [4.78, 5) is 24.5. The van der Waals surface area contributed by atoms with E-state index in [0.29, 0.717) is 16.7 Å². The second-order valence-corrected chi connectivity index (χ2v) is 4.60. The number of imide groups is 1. The number of hydrogen-bond donors (Lipinski definition) is 2. The van der Waals surface area contributed by atoms with Crippen molar-refractivity contribution in [2.45, 2.75) is 6.92 Å². The number of benzene rings is 2. The van der Waals surface area contributed by atoms with Gasteiger partial charge in [-0.1, -0.05) is 0 Å². The molecule has 0 heterocycles. The molecule has 0 spiro atoms. The number of rotatable bonds is 2. The molecule has 3 N–H and O–H groups in total. The van der Waals surface area contributed by atoms with Gasteiger partial charge in [0, 0.05) is 12.6 Å². The molecule has 0 aliphatic heterocycles. The van der Waals surface area contributed by atoms with Gasteiger partial charge in [-0.2, -0.15) is 0 Å². The van der Waals surface area contributed by atoms with Crippen molar-refractivity contribution in [3.63, 3.8) is 0 Å². The van der Waals surface area contributed by atoms with E-state index in [1.165, 1.54) is 24.3 Å². The van der Waals surface area contributed by atoms with Crippen molar-refractivity contribution in [1.29, 1.82) is 0 Å². The summed E-state index contributed by atoms with van der Waals surface area (Å²) < 4.78 is 39.6. The number of carbonyl (C=O) groups is 2. The Kier molecular flexibility index (Phi) is 4.54. The van der Waals surface area contributed by atoms with Crippen LogP contribution in [0, 0.1) is 17.5 Å². The fourth-order valence-corrected chi connectivity index (χ4v) is 1.86. The maximum Gasteiger partial charge on any atom is 0.333 e. The van der Waals surface area contributed by atoms with E-state index in [-0.39, 0.29) is 5.69 Å². The van der Waals surface area contributed by atoms with E-state index >= 15 is 0 Å². The van der Waals surface area contributed by atoms with Gasteiger partial charge in [0.15, 0.2) is 17.5 Å². The molecule has 3 amide bonds. The number of amides is 3. The van der Waals surface area contributed by atoms with Crippen LogP contribution in [0.5, 0.6) is 0 Å². The van der Waals surface area contributed by atoms with Crippen molar-refractivity contribution >= 4 is 29.0 Å². The highest BCUT2D eigenvalue weighted by Crippen LogP contribution is 2.22. The van der Waals surface area contributed by atoms with E-state index in [2.05, 4.69) is 0 Å². The summed E-state index contributed by atoms with van der Waals surface area (Å²) in [7, 11) is 0. The van der Waals surface area contributed by atoms with Gasteiger partial charge in [0.2, 0.25) is 5.91 Å². The van der Waals surface area contributed by atoms with E-state index in [9.17, 15) is 22.8 Å². The normalized spacial score (nSPS) is 10.3. The number of carbonyl (C=O) groups excluding carboxylic acids is 2. The lowest BCUT2D eigenvalue weighted by Gasteiger charge is -2.20. The lowest BCUT2D eigenvalue weighted by molar-refractivity contribution is -0.115. The minimum absolute atomic E-state index is 0.187. The number of nitrogens with zero attached hydrogens (tertiary/aromatic N) is 1.